The fourth-order valence-corrected chi connectivity index (χ4v) is 5.77. The molecule has 1 aliphatic rings. The second-order valence-corrected chi connectivity index (χ2v) is 10.6. The molecule has 1 heterocycles. The van der Waals surface area contributed by atoms with Crippen molar-refractivity contribution < 1.29 is 9.28 Å². The Morgan fingerprint density at radius 3 is 1.88 bits per heavy atom. The van der Waals surface area contributed by atoms with Crippen LogP contribution < -0.4 is 16.8 Å². The summed E-state index contributed by atoms with van der Waals surface area (Å²) >= 11 is 0. The van der Waals surface area contributed by atoms with Gasteiger partial charge in [0, 0.05) is 33.4 Å². The Hall–Kier alpha value is -5.53. The summed E-state index contributed by atoms with van der Waals surface area (Å²) in [5, 5.41) is 21.1. The highest BCUT2D eigenvalue weighted by Crippen LogP contribution is 2.43. The molecular formula is C35H31N6O+. The number of hydrogen-bond acceptors (Lipinski definition) is 3. The third kappa shape index (κ3) is 4.93. The number of fused-ring (bicyclic) bond motifs is 1. The summed E-state index contributed by atoms with van der Waals surface area (Å²) in [5.41, 5.74) is 18.3. The molecule has 0 saturated carbocycles. The van der Waals surface area contributed by atoms with Gasteiger partial charge in [-0.2, -0.15) is 4.48 Å². The van der Waals surface area contributed by atoms with E-state index in [1.54, 1.807) is 6.07 Å². The van der Waals surface area contributed by atoms with Crippen LogP contribution in [0.15, 0.2) is 121 Å². The second kappa shape index (κ2) is 10.8. The summed E-state index contributed by atoms with van der Waals surface area (Å²) in [5.74, 6) is -0.00856. The highest BCUT2D eigenvalue weighted by molar-refractivity contribution is 6.02. The van der Waals surface area contributed by atoms with Crippen molar-refractivity contribution in [2.45, 2.75) is 13.1 Å². The van der Waals surface area contributed by atoms with E-state index in [1.165, 1.54) is 0 Å². The predicted molar refractivity (Wildman–Crippen MR) is 168 cm³/mol. The number of nitrogens with zero attached hydrogens (tertiary/aromatic N) is 1. The molecule has 42 heavy (non-hydrogen) atoms. The van der Waals surface area contributed by atoms with Crippen molar-refractivity contribution in [1.29, 1.82) is 10.8 Å². The lowest BCUT2D eigenvalue weighted by molar-refractivity contribution is -0.802. The molecule has 0 radical (unpaired) electrons. The Bertz CT molecular complexity index is 1880. The van der Waals surface area contributed by atoms with E-state index >= 15 is 0 Å². The third-order valence-corrected chi connectivity index (χ3v) is 7.75. The van der Waals surface area contributed by atoms with Gasteiger partial charge in [-0.05, 0) is 41.1 Å². The standard InChI is InChI=1S/C35H30N6O/c36-33(37)28-13-7-8-23(18-28)21-41(22-24-14-15-25-16-17-29(34(38)39)20-30(25)19-24)32(27-11-5-2-6-12-27)31(40-35(41)42)26-9-3-1-4-10-26/h1-20H,21-22H2,(H6-,36,37,38,39,40,42)/p+1. The van der Waals surface area contributed by atoms with Crippen LogP contribution in [0.4, 0.5) is 4.79 Å². The van der Waals surface area contributed by atoms with Crippen molar-refractivity contribution in [3.63, 3.8) is 0 Å². The van der Waals surface area contributed by atoms with Crippen molar-refractivity contribution in [1.82, 2.24) is 5.32 Å². The van der Waals surface area contributed by atoms with Crippen LogP contribution in [0.1, 0.15) is 33.4 Å². The molecular weight excluding hydrogens is 520 g/mol. The average Bonchev–Trinajstić information content (AvgIpc) is 3.28. The number of benzene rings is 5. The number of nitrogen functional groups attached to an aromatic ring is 2. The molecule has 6 rings (SSSR count). The molecule has 7 N–H and O–H groups in total. The first-order chi connectivity index (χ1) is 20.3. The topological polar surface area (TPSA) is 129 Å². The molecule has 2 amide bonds. The maximum absolute atomic E-state index is 14.4. The molecule has 0 aliphatic carbocycles. The Kier molecular flexibility index (Phi) is 6.86. The van der Waals surface area contributed by atoms with Crippen LogP contribution in [0.5, 0.6) is 0 Å². The van der Waals surface area contributed by atoms with Crippen LogP contribution in [-0.4, -0.2) is 22.2 Å². The molecule has 0 fully saturated rings. The molecule has 0 bridgehead atoms. The number of hydrogen-bond donors (Lipinski definition) is 5. The first-order valence-electron chi connectivity index (χ1n) is 13.7. The van der Waals surface area contributed by atoms with Crippen LogP contribution in [-0.2, 0) is 13.1 Å². The SMILES string of the molecule is N=C(N)c1cccc(C[N+]2(Cc3ccc4ccc(C(=N)N)cc4c3)C(=O)NC(c3ccccc3)=C2c2ccccc2)c1. The smallest absolute Gasteiger partial charge is 0.384 e. The van der Waals surface area contributed by atoms with Crippen molar-refractivity contribution >= 4 is 39.9 Å². The zero-order valence-corrected chi connectivity index (χ0v) is 23.0. The number of carbonyl (C=O) groups is 1. The van der Waals surface area contributed by atoms with E-state index in [0.29, 0.717) is 24.2 Å². The van der Waals surface area contributed by atoms with Gasteiger partial charge in [0.2, 0.25) is 0 Å². The minimum Gasteiger partial charge on any atom is -0.384 e. The number of amidine groups is 2. The number of nitrogens with one attached hydrogen (secondary N) is 3. The molecule has 1 atom stereocenters. The van der Waals surface area contributed by atoms with E-state index in [-0.39, 0.29) is 22.2 Å². The van der Waals surface area contributed by atoms with Gasteiger partial charge in [-0.25, -0.2) is 4.79 Å². The number of carbonyl (C=O) groups excluding carboxylic acids is 1. The summed E-state index contributed by atoms with van der Waals surface area (Å²) in [7, 11) is 0. The summed E-state index contributed by atoms with van der Waals surface area (Å²) in [6, 6.07) is 39.2. The molecule has 0 saturated heterocycles. The van der Waals surface area contributed by atoms with Gasteiger partial charge < -0.3 is 11.5 Å². The monoisotopic (exact) mass is 551 g/mol. The third-order valence-electron chi connectivity index (χ3n) is 7.75. The van der Waals surface area contributed by atoms with E-state index in [1.807, 2.05) is 103 Å². The van der Waals surface area contributed by atoms with Crippen molar-refractivity contribution in [2.24, 2.45) is 11.5 Å². The Morgan fingerprint density at radius 2 is 1.21 bits per heavy atom. The number of rotatable bonds is 8. The highest BCUT2D eigenvalue weighted by Gasteiger charge is 2.50. The summed E-state index contributed by atoms with van der Waals surface area (Å²) < 4.78 is -0.0203. The lowest BCUT2D eigenvalue weighted by Crippen LogP contribution is -2.49. The second-order valence-electron chi connectivity index (χ2n) is 10.6. The summed E-state index contributed by atoms with van der Waals surface area (Å²) in [6.45, 7) is 0.718. The van der Waals surface area contributed by atoms with Gasteiger partial charge in [-0.15, -0.1) is 0 Å². The molecule has 0 aromatic heterocycles. The fourth-order valence-electron chi connectivity index (χ4n) is 5.77. The summed E-state index contributed by atoms with van der Waals surface area (Å²) in [4.78, 5) is 14.4. The van der Waals surface area contributed by atoms with E-state index < -0.39 is 0 Å². The maximum Gasteiger partial charge on any atom is 0.426 e. The van der Waals surface area contributed by atoms with E-state index in [0.717, 1.165) is 44.4 Å². The Labute approximate surface area is 244 Å². The van der Waals surface area contributed by atoms with E-state index in [2.05, 4.69) is 17.4 Å². The van der Waals surface area contributed by atoms with Crippen LogP contribution in [0.3, 0.4) is 0 Å². The number of nitrogens with two attached hydrogens (primary N) is 2. The summed E-state index contributed by atoms with van der Waals surface area (Å²) in [6.07, 6.45) is 0. The lowest BCUT2D eigenvalue weighted by Gasteiger charge is -2.33. The van der Waals surface area contributed by atoms with Gasteiger partial charge >= 0.3 is 6.03 Å². The lowest BCUT2D eigenvalue weighted by atomic mass is 9.99. The van der Waals surface area contributed by atoms with Crippen molar-refractivity contribution in [3.8, 4) is 0 Å². The average molecular weight is 552 g/mol. The fraction of sp³-hybridized carbons (Fsp3) is 0.0571. The number of urea groups is 1. The quantitative estimate of drug-likeness (QED) is 0.0898. The molecule has 1 unspecified atom stereocenters. The zero-order valence-electron chi connectivity index (χ0n) is 23.0. The molecule has 7 heteroatoms. The largest absolute Gasteiger partial charge is 0.426 e. The highest BCUT2D eigenvalue weighted by atomic mass is 16.2. The molecule has 5 aromatic rings. The minimum atomic E-state index is -0.140. The first-order valence-corrected chi connectivity index (χ1v) is 13.7. The Balaban J connectivity index is 1.58. The molecule has 1 aliphatic heterocycles. The van der Waals surface area contributed by atoms with Gasteiger partial charge in [0.15, 0.2) is 5.70 Å². The zero-order chi connectivity index (χ0) is 29.3. The molecule has 5 aromatic carbocycles. The Morgan fingerprint density at radius 1 is 0.619 bits per heavy atom. The van der Waals surface area contributed by atoms with Crippen molar-refractivity contribution in [2.75, 3.05) is 0 Å². The van der Waals surface area contributed by atoms with Crippen molar-refractivity contribution in [3.05, 3.63) is 155 Å². The van der Waals surface area contributed by atoms with Gasteiger partial charge in [-0.3, -0.25) is 16.1 Å². The van der Waals surface area contributed by atoms with Crippen LogP contribution in [0, 0.1) is 10.8 Å². The number of amides is 2. The van der Waals surface area contributed by atoms with Gasteiger partial charge in [-0.1, -0.05) is 91.0 Å². The van der Waals surface area contributed by atoms with E-state index in [9.17, 15) is 4.79 Å². The molecule has 7 nitrogen and oxygen atoms in total. The molecule has 0 spiro atoms. The first kappa shape index (κ1) is 26.7. The van der Waals surface area contributed by atoms with Gasteiger partial charge in [0.25, 0.3) is 0 Å². The maximum atomic E-state index is 14.4. The van der Waals surface area contributed by atoms with E-state index in [4.69, 9.17) is 22.3 Å². The molecule has 206 valence electrons. The predicted octanol–water partition coefficient (Wildman–Crippen LogP) is 6.17. The van der Waals surface area contributed by atoms with Gasteiger partial charge in [0.05, 0.1) is 0 Å². The normalized spacial score (nSPS) is 16.4. The van der Waals surface area contributed by atoms with Crippen LogP contribution in [0.25, 0.3) is 22.2 Å². The van der Waals surface area contributed by atoms with Crippen LogP contribution >= 0.6 is 0 Å². The van der Waals surface area contributed by atoms with Gasteiger partial charge in [0.1, 0.15) is 30.5 Å². The van der Waals surface area contributed by atoms with Crippen LogP contribution in [0.2, 0.25) is 0 Å². The minimum absolute atomic E-state index is 0.0110. The number of quaternary nitrogens is 1.